The number of carbonyl (C=O) groups is 2. The number of rotatable bonds is 11. The van der Waals surface area contributed by atoms with E-state index in [1.165, 1.54) is 17.3 Å². The highest BCUT2D eigenvalue weighted by Gasteiger charge is 2.19. The molecular formula is C24H28N8O2. The Balaban J connectivity index is 1.46. The Morgan fingerprint density at radius 1 is 1.06 bits per heavy atom. The summed E-state index contributed by atoms with van der Waals surface area (Å²) in [6.45, 7) is 0.0818. The summed E-state index contributed by atoms with van der Waals surface area (Å²) in [5.74, 6) is 0.564. The van der Waals surface area contributed by atoms with Gasteiger partial charge in [-0.15, -0.1) is 0 Å². The molecule has 3 aromatic heterocycles. The zero-order valence-electron chi connectivity index (χ0n) is 19.1. The molecule has 176 valence electrons. The molecular weight excluding hydrogens is 432 g/mol. The van der Waals surface area contributed by atoms with Crippen LogP contribution in [0, 0.1) is 0 Å². The number of fused-ring (bicyclic) bond motifs is 1. The summed E-state index contributed by atoms with van der Waals surface area (Å²) in [4.78, 5) is 40.1. The number of nitrogens with zero attached hydrogens (tertiary/aromatic N) is 5. The molecule has 0 spiro atoms. The van der Waals surface area contributed by atoms with E-state index in [-0.39, 0.29) is 24.4 Å². The highest BCUT2D eigenvalue weighted by Crippen LogP contribution is 2.25. The van der Waals surface area contributed by atoms with Gasteiger partial charge < -0.3 is 15.6 Å². The fourth-order valence-corrected chi connectivity index (χ4v) is 3.83. The first-order chi connectivity index (χ1) is 16.6. The van der Waals surface area contributed by atoms with Crippen molar-refractivity contribution in [1.82, 2.24) is 40.3 Å². The van der Waals surface area contributed by atoms with E-state index in [0.29, 0.717) is 18.7 Å². The summed E-state index contributed by atoms with van der Waals surface area (Å²) in [6, 6.07) is 7.85. The third-order valence-electron chi connectivity index (χ3n) is 5.66. The monoisotopic (exact) mass is 460 g/mol. The van der Waals surface area contributed by atoms with Crippen LogP contribution in [0.15, 0.2) is 55.5 Å². The van der Waals surface area contributed by atoms with Crippen molar-refractivity contribution >= 4 is 22.6 Å². The van der Waals surface area contributed by atoms with Crippen LogP contribution >= 0.6 is 0 Å². The summed E-state index contributed by atoms with van der Waals surface area (Å²) >= 11 is 0. The van der Waals surface area contributed by atoms with Crippen molar-refractivity contribution in [2.24, 2.45) is 0 Å². The number of carbonyl (C=O) groups excluding carboxylic acids is 2. The number of imidazole rings is 1. The van der Waals surface area contributed by atoms with E-state index in [1.807, 2.05) is 18.3 Å². The van der Waals surface area contributed by atoms with Gasteiger partial charge in [-0.05, 0) is 30.4 Å². The van der Waals surface area contributed by atoms with Crippen molar-refractivity contribution < 1.29 is 9.59 Å². The molecule has 1 aromatic carbocycles. The first kappa shape index (κ1) is 23.1. The highest BCUT2D eigenvalue weighted by atomic mass is 16.2. The van der Waals surface area contributed by atoms with E-state index in [4.69, 9.17) is 0 Å². The predicted octanol–water partition coefficient (Wildman–Crippen LogP) is 2.77. The van der Waals surface area contributed by atoms with Crippen LogP contribution in [0.5, 0.6) is 0 Å². The van der Waals surface area contributed by atoms with Crippen LogP contribution in [0.4, 0.5) is 0 Å². The van der Waals surface area contributed by atoms with E-state index in [1.54, 1.807) is 19.4 Å². The van der Waals surface area contributed by atoms with Gasteiger partial charge in [0.2, 0.25) is 11.8 Å². The largest absolute Gasteiger partial charge is 0.359 e. The van der Waals surface area contributed by atoms with Gasteiger partial charge in [-0.2, -0.15) is 5.10 Å². The summed E-state index contributed by atoms with van der Waals surface area (Å²) < 4.78 is 1.48. The maximum absolute atomic E-state index is 12.6. The molecule has 0 radical (unpaired) electrons. The molecule has 0 fully saturated rings. The van der Waals surface area contributed by atoms with Crippen molar-refractivity contribution in [3.63, 3.8) is 0 Å². The van der Waals surface area contributed by atoms with Crippen LogP contribution in [0.25, 0.3) is 22.0 Å². The third kappa shape index (κ3) is 6.03. The minimum atomic E-state index is -0.285. The minimum Gasteiger partial charge on any atom is -0.359 e. The lowest BCUT2D eigenvalue weighted by molar-refractivity contribution is -0.123. The fourth-order valence-electron chi connectivity index (χ4n) is 3.83. The lowest BCUT2D eigenvalue weighted by atomic mass is 10.1. The summed E-state index contributed by atoms with van der Waals surface area (Å²) in [5, 5.41) is 11.9. The second-order valence-corrected chi connectivity index (χ2v) is 8.11. The third-order valence-corrected chi connectivity index (χ3v) is 5.66. The van der Waals surface area contributed by atoms with Crippen molar-refractivity contribution in [2.75, 3.05) is 7.05 Å². The number of aromatic amines is 1. The number of pyridine rings is 1. The Labute approximate surface area is 197 Å². The van der Waals surface area contributed by atoms with E-state index < -0.39 is 0 Å². The molecule has 3 heterocycles. The molecule has 1 atom stereocenters. The standard InChI is InChI=1S/C24H28N8O2/c1-25-22(33)6-4-2-3-5-20(30-23(34)14-32-16-27-15-29-32)24-28-13-21(31-24)18-8-7-17-9-10-26-12-19(17)11-18/h7-13,15-16,20H,2-6,14H2,1H3,(H,25,33)(H,28,31)(H,30,34). The zero-order valence-corrected chi connectivity index (χ0v) is 19.1. The smallest absolute Gasteiger partial charge is 0.242 e. The van der Waals surface area contributed by atoms with Gasteiger partial charge in [0.15, 0.2) is 0 Å². The Kier molecular flexibility index (Phi) is 7.59. The minimum absolute atomic E-state index is 0.0407. The van der Waals surface area contributed by atoms with Gasteiger partial charge in [0.1, 0.15) is 25.0 Å². The quantitative estimate of drug-likeness (QED) is 0.295. The average molecular weight is 461 g/mol. The van der Waals surface area contributed by atoms with E-state index >= 15 is 0 Å². The highest BCUT2D eigenvalue weighted by molar-refractivity contribution is 5.86. The molecule has 34 heavy (non-hydrogen) atoms. The number of nitrogens with one attached hydrogen (secondary N) is 3. The molecule has 4 rings (SSSR count). The van der Waals surface area contributed by atoms with E-state index in [2.05, 4.69) is 47.8 Å². The number of aromatic nitrogens is 6. The van der Waals surface area contributed by atoms with Crippen molar-refractivity contribution in [1.29, 1.82) is 0 Å². The molecule has 4 aromatic rings. The molecule has 0 aliphatic rings. The van der Waals surface area contributed by atoms with Crippen LogP contribution in [0.3, 0.4) is 0 Å². The first-order valence-corrected chi connectivity index (χ1v) is 11.3. The maximum atomic E-state index is 12.6. The molecule has 0 aliphatic heterocycles. The molecule has 3 N–H and O–H groups in total. The molecule has 0 bridgehead atoms. The number of unbranched alkanes of at least 4 members (excludes halogenated alkanes) is 2. The number of hydrogen-bond acceptors (Lipinski definition) is 6. The first-order valence-electron chi connectivity index (χ1n) is 11.3. The van der Waals surface area contributed by atoms with Gasteiger partial charge in [0.05, 0.1) is 17.9 Å². The van der Waals surface area contributed by atoms with Crippen molar-refractivity contribution in [3.8, 4) is 11.3 Å². The van der Waals surface area contributed by atoms with Gasteiger partial charge in [0, 0.05) is 36.8 Å². The average Bonchev–Trinajstić information content (AvgIpc) is 3.55. The molecule has 0 aliphatic carbocycles. The number of hydrogen-bond donors (Lipinski definition) is 3. The van der Waals surface area contributed by atoms with Crippen LogP contribution in [0.2, 0.25) is 0 Å². The number of benzene rings is 1. The van der Waals surface area contributed by atoms with Gasteiger partial charge >= 0.3 is 0 Å². The van der Waals surface area contributed by atoms with Crippen LogP contribution < -0.4 is 10.6 Å². The van der Waals surface area contributed by atoms with Crippen molar-refractivity contribution in [3.05, 3.63) is 61.3 Å². The maximum Gasteiger partial charge on any atom is 0.242 e. The lowest BCUT2D eigenvalue weighted by Gasteiger charge is -2.17. The topological polar surface area (TPSA) is 130 Å². The number of H-pyrrole nitrogens is 1. The van der Waals surface area contributed by atoms with Crippen LogP contribution in [-0.2, 0) is 16.1 Å². The predicted molar refractivity (Wildman–Crippen MR) is 127 cm³/mol. The normalized spacial score (nSPS) is 11.9. The molecule has 2 amide bonds. The second-order valence-electron chi connectivity index (χ2n) is 8.11. The molecule has 10 heteroatoms. The van der Waals surface area contributed by atoms with E-state index in [9.17, 15) is 9.59 Å². The Bertz CT molecular complexity index is 1230. The Hall–Kier alpha value is -4.08. The van der Waals surface area contributed by atoms with Crippen LogP contribution in [-0.4, -0.2) is 48.6 Å². The molecule has 0 saturated heterocycles. The second kappa shape index (κ2) is 11.2. The SMILES string of the molecule is CNC(=O)CCCCCC(NC(=O)Cn1cncn1)c1ncc(-c2ccc3ccncc3c2)[nH]1. The number of amides is 2. The van der Waals surface area contributed by atoms with Gasteiger partial charge in [0.25, 0.3) is 0 Å². The van der Waals surface area contributed by atoms with Crippen molar-refractivity contribution in [2.45, 2.75) is 44.7 Å². The van der Waals surface area contributed by atoms with Crippen LogP contribution in [0.1, 0.15) is 44.0 Å². The van der Waals surface area contributed by atoms with Gasteiger partial charge in [-0.3, -0.25) is 14.6 Å². The molecule has 10 nitrogen and oxygen atoms in total. The van der Waals surface area contributed by atoms with E-state index in [0.717, 1.165) is 41.3 Å². The summed E-state index contributed by atoms with van der Waals surface area (Å²) in [7, 11) is 1.64. The summed E-state index contributed by atoms with van der Waals surface area (Å²) in [5.41, 5.74) is 1.87. The Morgan fingerprint density at radius 3 is 2.79 bits per heavy atom. The van der Waals surface area contributed by atoms with Gasteiger partial charge in [-0.1, -0.05) is 25.0 Å². The zero-order chi connectivity index (χ0) is 23.8. The van der Waals surface area contributed by atoms with Gasteiger partial charge in [-0.25, -0.2) is 14.6 Å². The fraction of sp³-hybridized carbons (Fsp3) is 0.333. The molecule has 1 unspecified atom stereocenters. The summed E-state index contributed by atoms with van der Waals surface area (Å²) in [6.07, 6.45) is 12.0. The lowest BCUT2D eigenvalue weighted by Crippen LogP contribution is -2.32. The Morgan fingerprint density at radius 2 is 1.97 bits per heavy atom. The molecule has 0 saturated carbocycles.